The summed E-state index contributed by atoms with van der Waals surface area (Å²) >= 11 is 0. The van der Waals surface area contributed by atoms with Crippen LogP contribution in [0.25, 0.3) is 0 Å². The van der Waals surface area contributed by atoms with Gasteiger partial charge in [-0.05, 0) is 55.8 Å². The third-order valence-corrected chi connectivity index (χ3v) is 14.8. The van der Waals surface area contributed by atoms with Crippen LogP contribution in [0.2, 0.25) is 0 Å². The molecule has 2 aliphatic carbocycles. The second-order valence-corrected chi connectivity index (χ2v) is 18.4. The van der Waals surface area contributed by atoms with Crippen LogP contribution in [0.1, 0.15) is 123 Å². The molecular formula is C37H59N5O7S. The highest BCUT2D eigenvalue weighted by Crippen LogP contribution is 2.65. The first-order valence-electron chi connectivity index (χ1n) is 19.2. The Bertz CT molecular complexity index is 1410. The van der Waals surface area contributed by atoms with Crippen LogP contribution in [0.5, 0.6) is 0 Å². The zero-order valence-corrected chi connectivity index (χ0v) is 30.9. The van der Waals surface area contributed by atoms with Crippen LogP contribution in [-0.4, -0.2) is 90.6 Å². The van der Waals surface area contributed by atoms with Crippen molar-refractivity contribution in [3.8, 4) is 0 Å². The summed E-state index contributed by atoms with van der Waals surface area (Å²) in [6.07, 6.45) is 14.3. The number of carbonyl (C=O) groups excluding carboxylic acids is 5. The van der Waals surface area contributed by atoms with E-state index in [-0.39, 0.29) is 35.5 Å². The van der Waals surface area contributed by atoms with Crippen molar-refractivity contribution in [3.05, 3.63) is 12.7 Å². The minimum Gasteiger partial charge on any atom is -0.346 e. The molecular weight excluding hydrogens is 659 g/mol. The molecule has 3 saturated heterocycles. The van der Waals surface area contributed by atoms with Crippen molar-refractivity contribution in [1.29, 1.82) is 0 Å². The fourth-order valence-electron chi connectivity index (χ4n) is 9.51. The summed E-state index contributed by atoms with van der Waals surface area (Å²) in [6, 6.07) is -3.30. The van der Waals surface area contributed by atoms with E-state index in [4.69, 9.17) is 0 Å². The molecule has 5 rings (SSSR count). The van der Waals surface area contributed by atoms with Gasteiger partial charge >= 0.3 is 6.03 Å². The molecule has 3 heterocycles. The first kappa shape index (κ1) is 38.3. The topological polar surface area (TPSA) is 171 Å². The molecule has 0 radical (unpaired) electrons. The van der Waals surface area contributed by atoms with Crippen LogP contribution in [-0.2, 0) is 29.0 Å². The van der Waals surface area contributed by atoms with Gasteiger partial charge in [0.1, 0.15) is 12.1 Å². The van der Waals surface area contributed by atoms with Gasteiger partial charge in [-0.15, -0.1) is 6.58 Å². The summed E-state index contributed by atoms with van der Waals surface area (Å²) in [5.74, 6) is -2.18. The van der Waals surface area contributed by atoms with Gasteiger partial charge < -0.3 is 26.2 Å². The first-order chi connectivity index (χ1) is 23.8. The van der Waals surface area contributed by atoms with E-state index in [1.165, 1.54) is 6.08 Å². The van der Waals surface area contributed by atoms with Gasteiger partial charge in [0, 0.05) is 13.1 Å². The highest BCUT2D eigenvalue weighted by atomic mass is 32.2. The summed E-state index contributed by atoms with van der Waals surface area (Å²) < 4.78 is 26.2. The molecule has 6 atom stereocenters. The van der Waals surface area contributed by atoms with E-state index < -0.39 is 62.4 Å². The third kappa shape index (κ3) is 8.39. The fraction of sp³-hybridized carbons (Fsp3) is 0.811. The highest BCUT2D eigenvalue weighted by molar-refractivity contribution is 7.92. The van der Waals surface area contributed by atoms with Crippen LogP contribution < -0.4 is 21.3 Å². The van der Waals surface area contributed by atoms with Crippen molar-refractivity contribution in [1.82, 2.24) is 26.2 Å². The van der Waals surface area contributed by atoms with Gasteiger partial charge in [-0.25, -0.2) is 13.2 Å². The number of urea groups is 1. The number of nitrogens with one attached hydrogen (secondary N) is 4. The number of hydrogen-bond donors (Lipinski definition) is 4. The molecule has 50 heavy (non-hydrogen) atoms. The molecule has 4 N–H and O–H groups in total. The van der Waals surface area contributed by atoms with Crippen LogP contribution in [0, 0.1) is 17.3 Å². The third-order valence-electron chi connectivity index (χ3n) is 12.4. The Kier molecular flexibility index (Phi) is 12.4. The average molecular weight is 718 g/mol. The lowest BCUT2D eigenvalue weighted by molar-refractivity contribution is -0.144. The summed E-state index contributed by atoms with van der Waals surface area (Å²) in [7, 11) is -3.34. The quantitative estimate of drug-likeness (QED) is 0.230. The molecule has 5 amide bonds. The molecule has 280 valence electrons. The Balaban J connectivity index is 1.38. The number of rotatable bonds is 7. The smallest absolute Gasteiger partial charge is 0.315 e. The first-order valence-corrected chi connectivity index (χ1v) is 20.9. The van der Waals surface area contributed by atoms with Crippen LogP contribution in [0.3, 0.4) is 0 Å². The molecule has 3 aliphatic heterocycles. The fourth-order valence-corrected chi connectivity index (χ4v) is 11.9. The molecule has 13 heteroatoms. The Morgan fingerprint density at radius 3 is 2.14 bits per heavy atom. The molecule has 5 fully saturated rings. The van der Waals surface area contributed by atoms with Crippen LogP contribution in [0.15, 0.2) is 12.7 Å². The number of sulfone groups is 1. The van der Waals surface area contributed by atoms with Crippen molar-refractivity contribution < 1.29 is 32.4 Å². The molecule has 0 aromatic carbocycles. The zero-order chi connectivity index (χ0) is 36.1. The molecule has 5 aliphatic rings. The van der Waals surface area contributed by atoms with Crippen molar-refractivity contribution in [3.63, 3.8) is 0 Å². The second kappa shape index (κ2) is 16.2. The maximum Gasteiger partial charge on any atom is 0.315 e. The lowest BCUT2D eigenvalue weighted by atomic mass is 9.78. The van der Waals surface area contributed by atoms with E-state index in [0.717, 1.165) is 64.2 Å². The maximum absolute atomic E-state index is 14.5. The summed E-state index contributed by atoms with van der Waals surface area (Å²) in [6.45, 7) is 8.23. The number of ketones is 1. The molecule has 0 bridgehead atoms. The number of nitrogens with zero attached hydrogens (tertiary/aromatic N) is 1. The normalized spacial score (nSPS) is 32.7. The molecule has 2 saturated carbocycles. The van der Waals surface area contributed by atoms with Crippen molar-refractivity contribution >= 4 is 39.4 Å². The van der Waals surface area contributed by atoms with Crippen molar-refractivity contribution in [2.45, 2.75) is 152 Å². The summed E-state index contributed by atoms with van der Waals surface area (Å²) in [5.41, 5.74) is -1.04. The Hall–Kier alpha value is -2.96. The number of Topliss-reactive ketones (excluding diaryl/α,β-unsaturated/α-hetero) is 1. The van der Waals surface area contributed by atoms with Gasteiger partial charge in [-0.3, -0.25) is 19.2 Å². The maximum atomic E-state index is 14.5. The van der Waals surface area contributed by atoms with Crippen molar-refractivity contribution in [2.75, 3.05) is 18.8 Å². The average Bonchev–Trinajstić information content (AvgIpc) is 3.38. The minimum absolute atomic E-state index is 0.0883. The van der Waals surface area contributed by atoms with E-state index in [2.05, 4.69) is 41.7 Å². The predicted octanol–water partition coefficient (Wildman–Crippen LogP) is 3.69. The van der Waals surface area contributed by atoms with Gasteiger partial charge in [-0.2, -0.15) is 0 Å². The number of carbonyl (C=O) groups is 5. The lowest BCUT2D eigenvalue weighted by Gasteiger charge is -2.42. The second-order valence-electron chi connectivity index (χ2n) is 16.1. The van der Waals surface area contributed by atoms with Gasteiger partial charge in [0.25, 0.3) is 5.91 Å². The monoisotopic (exact) mass is 717 g/mol. The molecule has 0 aromatic heterocycles. The Morgan fingerprint density at radius 2 is 1.52 bits per heavy atom. The van der Waals surface area contributed by atoms with E-state index in [1.807, 2.05) is 0 Å². The van der Waals surface area contributed by atoms with E-state index in [1.54, 1.807) is 4.90 Å². The minimum atomic E-state index is -3.34. The van der Waals surface area contributed by atoms with Crippen LogP contribution in [0.4, 0.5) is 4.79 Å². The molecule has 0 unspecified atom stereocenters. The summed E-state index contributed by atoms with van der Waals surface area (Å²) in [5, 5.41) is 10.8. The van der Waals surface area contributed by atoms with E-state index >= 15 is 0 Å². The molecule has 0 spiro atoms. The van der Waals surface area contributed by atoms with Crippen molar-refractivity contribution in [2.24, 2.45) is 17.3 Å². The van der Waals surface area contributed by atoms with Gasteiger partial charge in [0.15, 0.2) is 9.84 Å². The highest BCUT2D eigenvalue weighted by Gasteiger charge is 2.69. The SMILES string of the molecule is C=CCNC(=O)C(=O)[C@@H]1CCCCCCCCCC[C@H](NC(=O)NC2([C@H]3CCCS3(=O)=O)CCCCC2)C(=O)N2C[C@H]3[C@@H]([C@H]2C(=O)N1)C3(C)C. The largest absolute Gasteiger partial charge is 0.346 e. The van der Waals surface area contributed by atoms with E-state index in [0.29, 0.717) is 51.5 Å². The summed E-state index contributed by atoms with van der Waals surface area (Å²) in [4.78, 5) is 70.0. The lowest BCUT2D eigenvalue weighted by Crippen LogP contribution is -2.63. The van der Waals surface area contributed by atoms with Gasteiger partial charge in [-0.1, -0.05) is 90.6 Å². The Morgan fingerprint density at radius 1 is 0.900 bits per heavy atom. The predicted molar refractivity (Wildman–Crippen MR) is 191 cm³/mol. The zero-order valence-electron chi connectivity index (χ0n) is 30.1. The van der Waals surface area contributed by atoms with E-state index in [9.17, 15) is 32.4 Å². The van der Waals surface area contributed by atoms with Gasteiger partial charge in [0.2, 0.25) is 17.6 Å². The van der Waals surface area contributed by atoms with Gasteiger partial charge in [0.05, 0.1) is 22.6 Å². The molecule has 0 aromatic rings. The number of hydrogen-bond acceptors (Lipinski definition) is 7. The standard InChI is InChI=1S/C37H59N5O7S/c1-4-22-38-33(45)31(43)26-17-12-9-7-5-6-8-10-13-18-27(34(46)42-24-25-29(36(25,2)3)30(42)32(44)39-26)40-35(47)41-37(20-14-11-15-21-37)28-19-16-23-50(28,48)49/h4,25-30H,1,5-24H2,2-3H3,(H,38,45)(H,39,44)(H2,40,41,47)/t25-,26-,27-,28+,29-,30-/m0/s1. The number of fused-ring (bicyclic) bond motifs is 3. The number of amides is 5. The number of piperidine rings is 1. The van der Waals surface area contributed by atoms with Crippen LogP contribution >= 0.6 is 0 Å². The molecule has 12 nitrogen and oxygen atoms in total. The Labute approximate surface area is 298 Å².